The van der Waals surface area contributed by atoms with Crippen molar-refractivity contribution in [3.05, 3.63) is 16.0 Å². The fourth-order valence-corrected chi connectivity index (χ4v) is 4.41. The fourth-order valence-electron chi connectivity index (χ4n) is 2.95. The molecule has 7 nitrogen and oxygen atoms in total. The third-order valence-corrected chi connectivity index (χ3v) is 5.91. The number of hydrogen-bond acceptors (Lipinski definition) is 7. The van der Waals surface area contributed by atoms with E-state index in [0.717, 1.165) is 43.8 Å². The van der Waals surface area contributed by atoms with E-state index in [1.54, 1.807) is 6.92 Å². The van der Waals surface area contributed by atoms with Crippen LogP contribution in [0.1, 0.15) is 45.4 Å². The zero-order chi connectivity index (χ0) is 19.3. The van der Waals surface area contributed by atoms with E-state index < -0.39 is 11.9 Å². The van der Waals surface area contributed by atoms with Crippen molar-refractivity contribution in [3.8, 4) is 0 Å². The van der Waals surface area contributed by atoms with E-state index in [-0.39, 0.29) is 0 Å². The lowest BCUT2D eigenvalue weighted by molar-refractivity contribution is 0.0601. The van der Waals surface area contributed by atoms with Crippen LogP contribution in [0.3, 0.4) is 0 Å². The van der Waals surface area contributed by atoms with Gasteiger partial charge in [-0.1, -0.05) is 6.92 Å². The molecule has 1 saturated heterocycles. The molecule has 0 radical (unpaired) electrons. The second kappa shape index (κ2) is 9.29. The van der Waals surface area contributed by atoms with Gasteiger partial charge in [0.25, 0.3) is 0 Å². The minimum absolute atomic E-state index is 0.292. The Labute approximate surface area is 163 Å². The Morgan fingerprint density at radius 2 is 1.85 bits per heavy atom. The third kappa shape index (κ3) is 4.72. The summed E-state index contributed by atoms with van der Waals surface area (Å²) in [5.41, 5.74) is 0.832. The number of thiophene rings is 1. The number of carbonyl (C=O) groups excluding carboxylic acids is 2. The number of rotatable bonds is 5. The number of thiocarbonyl (C=S) groups is 1. The van der Waals surface area contributed by atoms with E-state index in [2.05, 4.69) is 22.5 Å². The summed E-state index contributed by atoms with van der Waals surface area (Å²) in [5, 5.41) is 7.27. The predicted molar refractivity (Wildman–Crippen MR) is 106 cm³/mol. The maximum absolute atomic E-state index is 12.1. The number of piperidine rings is 1. The number of anilines is 1. The van der Waals surface area contributed by atoms with Gasteiger partial charge in [0.05, 0.1) is 19.8 Å². The van der Waals surface area contributed by atoms with Gasteiger partial charge in [0.2, 0.25) is 0 Å². The van der Waals surface area contributed by atoms with Crippen molar-refractivity contribution in [2.75, 3.05) is 39.2 Å². The molecule has 0 aromatic carbocycles. The summed E-state index contributed by atoms with van der Waals surface area (Å²) >= 11 is 6.54. The second-order valence-corrected chi connectivity index (χ2v) is 7.48. The van der Waals surface area contributed by atoms with E-state index in [1.807, 2.05) is 0 Å². The standard InChI is InChI=1S/C17H25N3O4S2/c1-5-20-8-6-11(7-9-20)18-17(25)19-14-12(15(21)23-3)10(2)13(26-14)16(22)24-4/h11H,5-9H2,1-4H3,(H2,18,19,25). The zero-order valence-electron chi connectivity index (χ0n) is 15.5. The van der Waals surface area contributed by atoms with Gasteiger partial charge in [0, 0.05) is 19.1 Å². The Morgan fingerprint density at radius 3 is 2.38 bits per heavy atom. The number of nitrogens with one attached hydrogen (secondary N) is 2. The lowest BCUT2D eigenvalue weighted by atomic mass is 10.1. The van der Waals surface area contributed by atoms with Gasteiger partial charge in [0.15, 0.2) is 5.11 Å². The van der Waals surface area contributed by atoms with Crippen LogP contribution in [0, 0.1) is 6.92 Å². The Bertz CT molecular complexity index is 682. The number of methoxy groups -OCH3 is 2. The summed E-state index contributed by atoms with van der Waals surface area (Å²) in [7, 11) is 2.61. The summed E-state index contributed by atoms with van der Waals surface area (Å²) in [5.74, 6) is -1.01. The molecule has 0 atom stereocenters. The first-order chi connectivity index (χ1) is 12.4. The molecule has 1 aromatic rings. The summed E-state index contributed by atoms with van der Waals surface area (Å²) in [6, 6.07) is 0.292. The van der Waals surface area contributed by atoms with Crippen molar-refractivity contribution in [2.45, 2.75) is 32.7 Å². The maximum Gasteiger partial charge on any atom is 0.348 e. The molecule has 0 unspecified atom stereocenters. The van der Waals surface area contributed by atoms with E-state index in [4.69, 9.17) is 21.7 Å². The Balaban J connectivity index is 2.11. The molecule has 1 fully saturated rings. The van der Waals surface area contributed by atoms with E-state index >= 15 is 0 Å². The SMILES string of the molecule is CCN1CCC(NC(=S)Nc2sc(C(=O)OC)c(C)c2C(=O)OC)CC1. The molecular formula is C17H25N3O4S2. The van der Waals surface area contributed by atoms with Crippen LogP contribution in [0.15, 0.2) is 0 Å². The first kappa shape index (κ1) is 20.6. The van der Waals surface area contributed by atoms with Gasteiger partial charge in [-0.15, -0.1) is 11.3 Å². The van der Waals surface area contributed by atoms with Gasteiger partial charge in [0.1, 0.15) is 9.88 Å². The molecule has 0 saturated carbocycles. The van der Waals surface area contributed by atoms with Crippen molar-refractivity contribution in [1.29, 1.82) is 0 Å². The van der Waals surface area contributed by atoms with E-state index in [9.17, 15) is 9.59 Å². The van der Waals surface area contributed by atoms with Crippen LogP contribution in [-0.4, -0.2) is 61.8 Å². The number of carbonyl (C=O) groups is 2. The molecule has 2 N–H and O–H groups in total. The number of ether oxygens (including phenoxy) is 2. The van der Waals surface area contributed by atoms with Crippen molar-refractivity contribution in [2.24, 2.45) is 0 Å². The van der Waals surface area contributed by atoms with Gasteiger partial charge in [-0.3, -0.25) is 0 Å². The molecule has 2 rings (SSSR count). The summed E-state index contributed by atoms with van der Waals surface area (Å²) < 4.78 is 9.63. The smallest absolute Gasteiger partial charge is 0.348 e. The van der Waals surface area contributed by atoms with Gasteiger partial charge in [-0.2, -0.15) is 0 Å². The molecule has 1 aromatic heterocycles. The van der Waals surface area contributed by atoms with Crippen LogP contribution < -0.4 is 10.6 Å². The summed E-state index contributed by atoms with van der Waals surface area (Å²) in [6.45, 7) is 6.98. The molecule has 1 aliphatic rings. The molecule has 0 bridgehead atoms. The molecular weight excluding hydrogens is 374 g/mol. The van der Waals surface area contributed by atoms with Crippen molar-refractivity contribution in [3.63, 3.8) is 0 Å². The van der Waals surface area contributed by atoms with Gasteiger partial charge in [-0.05, 0) is 44.1 Å². The van der Waals surface area contributed by atoms with E-state index in [0.29, 0.717) is 32.2 Å². The van der Waals surface area contributed by atoms with Crippen LogP contribution in [0.2, 0.25) is 0 Å². The van der Waals surface area contributed by atoms with E-state index in [1.165, 1.54) is 14.2 Å². The predicted octanol–water partition coefficient (Wildman–Crippen LogP) is 2.40. The Hall–Kier alpha value is -1.71. The molecule has 0 aliphatic carbocycles. The van der Waals surface area contributed by atoms with Crippen LogP contribution in [-0.2, 0) is 9.47 Å². The second-order valence-electron chi connectivity index (χ2n) is 6.05. The van der Waals surface area contributed by atoms with Crippen LogP contribution in [0.25, 0.3) is 0 Å². The summed E-state index contributed by atoms with van der Waals surface area (Å²) in [4.78, 5) is 26.8. The first-order valence-electron chi connectivity index (χ1n) is 8.51. The quantitative estimate of drug-likeness (QED) is 0.577. The van der Waals surface area contributed by atoms with Crippen LogP contribution >= 0.6 is 23.6 Å². The fraction of sp³-hybridized carbons (Fsp3) is 0.588. The Kier molecular flexibility index (Phi) is 7.36. The first-order valence-corrected chi connectivity index (χ1v) is 9.73. The monoisotopic (exact) mass is 399 g/mol. The van der Waals surface area contributed by atoms with Crippen molar-refractivity contribution in [1.82, 2.24) is 10.2 Å². The van der Waals surface area contributed by atoms with Crippen LogP contribution in [0.5, 0.6) is 0 Å². The van der Waals surface area contributed by atoms with Crippen molar-refractivity contribution >= 4 is 45.6 Å². The average molecular weight is 400 g/mol. The molecule has 9 heteroatoms. The normalized spacial score (nSPS) is 15.4. The lowest BCUT2D eigenvalue weighted by Gasteiger charge is -2.32. The summed E-state index contributed by atoms with van der Waals surface area (Å²) in [6.07, 6.45) is 2.02. The van der Waals surface area contributed by atoms with Crippen LogP contribution in [0.4, 0.5) is 5.00 Å². The highest BCUT2D eigenvalue weighted by Crippen LogP contribution is 2.34. The number of esters is 2. The highest BCUT2D eigenvalue weighted by atomic mass is 32.1. The largest absolute Gasteiger partial charge is 0.465 e. The van der Waals surface area contributed by atoms with Crippen molar-refractivity contribution < 1.29 is 19.1 Å². The molecule has 1 aliphatic heterocycles. The lowest BCUT2D eigenvalue weighted by Crippen LogP contribution is -2.45. The van der Waals surface area contributed by atoms with Gasteiger partial charge >= 0.3 is 11.9 Å². The number of likely N-dealkylation sites (tertiary alicyclic amines) is 1. The highest BCUT2D eigenvalue weighted by Gasteiger charge is 2.27. The van der Waals surface area contributed by atoms with Gasteiger partial charge in [-0.25, -0.2) is 9.59 Å². The zero-order valence-corrected chi connectivity index (χ0v) is 17.1. The third-order valence-electron chi connectivity index (χ3n) is 4.50. The molecule has 2 heterocycles. The molecule has 144 valence electrons. The minimum atomic E-state index is -0.518. The number of hydrogen-bond donors (Lipinski definition) is 2. The molecule has 0 spiro atoms. The molecule has 0 amide bonds. The molecule has 26 heavy (non-hydrogen) atoms. The maximum atomic E-state index is 12.1. The highest BCUT2D eigenvalue weighted by molar-refractivity contribution is 7.80. The minimum Gasteiger partial charge on any atom is -0.465 e. The Morgan fingerprint density at radius 1 is 1.23 bits per heavy atom. The topological polar surface area (TPSA) is 79.9 Å². The number of nitrogens with zero attached hydrogens (tertiary/aromatic N) is 1. The van der Waals surface area contributed by atoms with Gasteiger partial charge < -0.3 is 25.0 Å². The average Bonchev–Trinajstić information content (AvgIpc) is 2.96.